The van der Waals surface area contributed by atoms with E-state index in [1.165, 1.54) is 0 Å². The number of aryl methyl sites for hydroxylation is 1. The molecular formula is C9H15N5OS. The van der Waals surface area contributed by atoms with Crippen molar-refractivity contribution < 1.29 is 4.79 Å². The molecule has 7 heteroatoms. The molecule has 0 atom stereocenters. The lowest BCUT2D eigenvalue weighted by Gasteiger charge is -2.21. The van der Waals surface area contributed by atoms with Crippen LogP contribution in [0.15, 0.2) is 6.33 Å². The van der Waals surface area contributed by atoms with Gasteiger partial charge in [0.25, 0.3) is 0 Å². The van der Waals surface area contributed by atoms with Gasteiger partial charge in [0.05, 0.1) is 16.9 Å². The summed E-state index contributed by atoms with van der Waals surface area (Å²) >= 11 is 4.82. The molecule has 0 aromatic carbocycles. The molecule has 1 amide bonds. The van der Waals surface area contributed by atoms with Gasteiger partial charge >= 0.3 is 0 Å². The van der Waals surface area contributed by atoms with Crippen LogP contribution in [0.1, 0.15) is 19.7 Å². The quantitative estimate of drug-likeness (QED) is 0.710. The Morgan fingerprint density at radius 1 is 1.69 bits per heavy atom. The molecule has 0 fully saturated rings. The maximum absolute atomic E-state index is 11.7. The van der Waals surface area contributed by atoms with Crippen LogP contribution >= 0.6 is 12.2 Å². The van der Waals surface area contributed by atoms with Crippen LogP contribution in [0.25, 0.3) is 0 Å². The van der Waals surface area contributed by atoms with Gasteiger partial charge in [0, 0.05) is 7.05 Å². The summed E-state index contributed by atoms with van der Waals surface area (Å²) in [5.74, 6) is 0.321. The average Bonchev–Trinajstić information content (AvgIpc) is 2.60. The predicted molar refractivity (Wildman–Crippen MR) is 63.4 cm³/mol. The lowest BCUT2D eigenvalue weighted by molar-refractivity contribution is -0.126. The van der Waals surface area contributed by atoms with E-state index in [4.69, 9.17) is 18.0 Å². The second-order valence-corrected chi connectivity index (χ2v) is 4.45. The van der Waals surface area contributed by atoms with Crippen molar-refractivity contribution >= 4 is 23.1 Å². The highest BCUT2D eigenvalue weighted by atomic mass is 32.1. The number of rotatable bonds is 4. The number of carbonyl (C=O) groups is 1. The van der Waals surface area contributed by atoms with E-state index >= 15 is 0 Å². The minimum atomic E-state index is -0.857. The van der Waals surface area contributed by atoms with Gasteiger partial charge in [0.1, 0.15) is 6.33 Å². The molecule has 0 saturated carbocycles. The fourth-order valence-corrected chi connectivity index (χ4v) is 1.05. The number of nitrogens with two attached hydrogens (primary N) is 1. The lowest BCUT2D eigenvalue weighted by atomic mass is 9.92. The Kier molecular flexibility index (Phi) is 3.58. The number of aromatic nitrogens is 3. The van der Waals surface area contributed by atoms with Crippen LogP contribution in [-0.4, -0.2) is 25.7 Å². The summed E-state index contributed by atoms with van der Waals surface area (Å²) in [5, 5.41) is 6.73. The Hall–Kier alpha value is -1.50. The summed E-state index contributed by atoms with van der Waals surface area (Å²) in [6, 6.07) is 0. The van der Waals surface area contributed by atoms with E-state index in [-0.39, 0.29) is 17.4 Å². The topological polar surface area (TPSA) is 85.8 Å². The molecule has 6 nitrogen and oxygen atoms in total. The highest BCUT2D eigenvalue weighted by Crippen LogP contribution is 2.15. The zero-order valence-corrected chi connectivity index (χ0v) is 10.3. The Labute approximate surface area is 99.2 Å². The molecule has 1 rings (SSSR count). The Morgan fingerprint density at radius 2 is 2.31 bits per heavy atom. The predicted octanol–water partition coefficient (Wildman–Crippen LogP) is -0.256. The smallest absolute Gasteiger partial charge is 0.232 e. The van der Waals surface area contributed by atoms with Crippen molar-refractivity contribution in [3.8, 4) is 0 Å². The van der Waals surface area contributed by atoms with Crippen LogP contribution in [0.3, 0.4) is 0 Å². The molecule has 3 N–H and O–H groups in total. The second kappa shape index (κ2) is 4.56. The second-order valence-electron chi connectivity index (χ2n) is 4.01. The zero-order valence-electron chi connectivity index (χ0n) is 9.52. The number of thiocarbonyl (C=S) groups is 1. The monoisotopic (exact) mass is 241 g/mol. The van der Waals surface area contributed by atoms with Gasteiger partial charge in [-0.1, -0.05) is 12.2 Å². The van der Waals surface area contributed by atoms with Crippen molar-refractivity contribution in [1.82, 2.24) is 20.1 Å². The third-order valence-corrected chi connectivity index (χ3v) is 2.75. The SMILES string of the molecule is Cn1cnc(CNC(=O)C(C)(C)C(N)=S)n1. The van der Waals surface area contributed by atoms with Crippen molar-refractivity contribution in [3.05, 3.63) is 12.2 Å². The van der Waals surface area contributed by atoms with Crippen LogP contribution in [-0.2, 0) is 18.4 Å². The highest BCUT2D eigenvalue weighted by Gasteiger charge is 2.30. The first-order chi connectivity index (χ1) is 7.34. The van der Waals surface area contributed by atoms with Crippen LogP contribution in [0, 0.1) is 5.41 Å². The van der Waals surface area contributed by atoms with E-state index in [9.17, 15) is 4.79 Å². The molecule has 0 bridgehead atoms. The van der Waals surface area contributed by atoms with Gasteiger partial charge in [-0.25, -0.2) is 4.98 Å². The van der Waals surface area contributed by atoms with Crippen LogP contribution in [0.5, 0.6) is 0 Å². The molecule has 16 heavy (non-hydrogen) atoms. The summed E-state index contributed by atoms with van der Waals surface area (Å²) < 4.78 is 1.57. The molecular weight excluding hydrogens is 226 g/mol. The van der Waals surface area contributed by atoms with Crippen molar-refractivity contribution in [2.24, 2.45) is 18.2 Å². The van der Waals surface area contributed by atoms with Crippen molar-refractivity contribution in [3.63, 3.8) is 0 Å². The molecule has 0 radical (unpaired) electrons. The van der Waals surface area contributed by atoms with E-state index in [2.05, 4.69) is 15.4 Å². The molecule has 0 unspecified atom stereocenters. The fraction of sp³-hybridized carbons (Fsp3) is 0.556. The number of nitrogens with one attached hydrogen (secondary N) is 1. The van der Waals surface area contributed by atoms with Gasteiger partial charge in [-0.2, -0.15) is 5.10 Å². The molecule has 0 spiro atoms. The van der Waals surface area contributed by atoms with Gasteiger partial charge in [0.15, 0.2) is 5.82 Å². The summed E-state index contributed by atoms with van der Waals surface area (Å²) in [6.07, 6.45) is 1.57. The maximum Gasteiger partial charge on any atom is 0.232 e. The number of amides is 1. The molecule has 0 aliphatic rings. The van der Waals surface area contributed by atoms with Gasteiger partial charge < -0.3 is 11.1 Å². The minimum absolute atomic E-state index is 0.166. The van der Waals surface area contributed by atoms with E-state index in [1.807, 2.05) is 0 Å². The molecule has 1 aromatic rings. The molecule has 1 heterocycles. The lowest BCUT2D eigenvalue weighted by Crippen LogP contribution is -2.44. The van der Waals surface area contributed by atoms with E-state index in [0.717, 1.165) is 0 Å². The van der Waals surface area contributed by atoms with Gasteiger partial charge in [-0.3, -0.25) is 9.48 Å². The van der Waals surface area contributed by atoms with Crippen LogP contribution < -0.4 is 11.1 Å². The third kappa shape index (κ3) is 2.75. The van der Waals surface area contributed by atoms with Crippen molar-refractivity contribution in [2.75, 3.05) is 0 Å². The summed E-state index contributed by atoms with van der Waals surface area (Å²) in [6.45, 7) is 3.62. The number of hydrogen-bond donors (Lipinski definition) is 2. The largest absolute Gasteiger partial charge is 0.392 e. The summed E-state index contributed by atoms with van der Waals surface area (Å²) in [4.78, 5) is 15.9. The third-order valence-electron chi connectivity index (χ3n) is 2.24. The summed E-state index contributed by atoms with van der Waals surface area (Å²) in [7, 11) is 1.76. The highest BCUT2D eigenvalue weighted by molar-refractivity contribution is 7.80. The first-order valence-electron chi connectivity index (χ1n) is 4.76. The molecule has 88 valence electrons. The molecule has 0 aliphatic carbocycles. The Bertz CT molecular complexity index is 412. The number of nitrogens with zero attached hydrogens (tertiary/aromatic N) is 3. The Balaban J connectivity index is 2.56. The number of carbonyl (C=O) groups excluding carboxylic acids is 1. The van der Waals surface area contributed by atoms with Gasteiger partial charge in [-0.15, -0.1) is 0 Å². The Morgan fingerprint density at radius 3 is 2.75 bits per heavy atom. The van der Waals surface area contributed by atoms with E-state index < -0.39 is 5.41 Å². The van der Waals surface area contributed by atoms with E-state index in [0.29, 0.717) is 5.82 Å². The number of hydrogen-bond acceptors (Lipinski definition) is 4. The van der Waals surface area contributed by atoms with Crippen molar-refractivity contribution in [1.29, 1.82) is 0 Å². The summed E-state index contributed by atoms with van der Waals surface area (Å²) in [5.41, 5.74) is 4.62. The van der Waals surface area contributed by atoms with Crippen LogP contribution in [0.4, 0.5) is 0 Å². The van der Waals surface area contributed by atoms with Gasteiger partial charge in [0.2, 0.25) is 5.91 Å². The van der Waals surface area contributed by atoms with Crippen LogP contribution in [0.2, 0.25) is 0 Å². The zero-order chi connectivity index (χ0) is 12.3. The normalized spacial score (nSPS) is 11.2. The maximum atomic E-state index is 11.7. The van der Waals surface area contributed by atoms with Crippen molar-refractivity contribution in [2.45, 2.75) is 20.4 Å². The van der Waals surface area contributed by atoms with Gasteiger partial charge in [-0.05, 0) is 13.8 Å². The van der Waals surface area contributed by atoms with E-state index in [1.54, 1.807) is 31.9 Å². The average molecular weight is 241 g/mol. The minimum Gasteiger partial charge on any atom is -0.392 e. The first-order valence-corrected chi connectivity index (χ1v) is 5.17. The first kappa shape index (κ1) is 12.6. The molecule has 0 saturated heterocycles. The fourth-order valence-electron chi connectivity index (χ4n) is 0.957. The molecule has 0 aliphatic heterocycles. The standard InChI is InChI=1S/C9H15N5OS/c1-9(2,7(10)16)8(15)11-4-6-12-5-14(3)13-6/h5H,4H2,1-3H3,(H2,10,16)(H,11,15). The molecule has 1 aromatic heterocycles.